The molecule has 2 nitrogen and oxygen atoms in total. The minimum Gasteiger partial charge on any atom is -0.359 e. The maximum absolute atomic E-state index is 4.81. The molecule has 0 fully saturated rings. The Kier molecular flexibility index (Phi) is 3.38. The number of nitrogens with zero attached hydrogens (tertiary/aromatic N) is 1. The fourth-order valence-electron chi connectivity index (χ4n) is 4.40. The van der Waals surface area contributed by atoms with E-state index in [9.17, 15) is 0 Å². The van der Waals surface area contributed by atoms with Gasteiger partial charge in [-0.2, -0.15) is 0 Å². The van der Waals surface area contributed by atoms with Crippen LogP contribution in [0.15, 0.2) is 54.9 Å². The molecule has 0 aliphatic rings. The van der Waals surface area contributed by atoms with Crippen molar-refractivity contribution < 1.29 is 0 Å². The minimum absolute atomic E-state index is 1.05. The molecule has 0 aliphatic carbocycles. The molecule has 5 aromatic rings. The Morgan fingerprint density at radius 2 is 1.52 bits per heavy atom. The number of benzene rings is 3. The first-order valence-electron chi connectivity index (χ1n) is 9.41. The number of nitrogens with one attached hydrogen (secondary N) is 1. The van der Waals surface area contributed by atoms with Crippen LogP contribution in [-0.2, 0) is 0 Å². The molecule has 1 N–H and O–H groups in total. The lowest BCUT2D eigenvalue weighted by atomic mass is 9.91. The molecular formula is C25H22N2. The van der Waals surface area contributed by atoms with Crippen LogP contribution in [0.5, 0.6) is 0 Å². The second-order valence-electron chi connectivity index (χ2n) is 7.68. The van der Waals surface area contributed by atoms with Crippen molar-refractivity contribution in [3.8, 4) is 11.1 Å². The summed E-state index contributed by atoms with van der Waals surface area (Å²) in [6.45, 7) is 8.64. The summed E-state index contributed by atoms with van der Waals surface area (Å²) in [5.41, 5.74) is 9.81. The number of aromatic nitrogens is 2. The van der Waals surface area contributed by atoms with Crippen molar-refractivity contribution in [1.29, 1.82) is 0 Å². The Morgan fingerprint density at radius 1 is 0.778 bits per heavy atom. The van der Waals surface area contributed by atoms with Gasteiger partial charge in [0.15, 0.2) is 0 Å². The van der Waals surface area contributed by atoms with E-state index >= 15 is 0 Å². The van der Waals surface area contributed by atoms with Crippen LogP contribution >= 0.6 is 0 Å². The Bertz CT molecular complexity index is 1340. The number of aromatic amines is 1. The molecule has 27 heavy (non-hydrogen) atoms. The lowest BCUT2D eigenvalue weighted by Crippen LogP contribution is -1.90. The Balaban J connectivity index is 2.05. The second kappa shape index (κ2) is 5.68. The number of rotatable bonds is 1. The third kappa shape index (κ3) is 2.30. The van der Waals surface area contributed by atoms with Crippen molar-refractivity contribution in [3.05, 3.63) is 77.1 Å². The first-order chi connectivity index (χ1) is 13.0. The maximum Gasteiger partial charge on any atom is 0.0949 e. The van der Waals surface area contributed by atoms with E-state index in [-0.39, 0.29) is 0 Å². The first kappa shape index (κ1) is 16.1. The van der Waals surface area contributed by atoms with Gasteiger partial charge in [-0.15, -0.1) is 0 Å². The number of hydrogen-bond acceptors (Lipinski definition) is 1. The van der Waals surface area contributed by atoms with Gasteiger partial charge in [0.05, 0.1) is 11.0 Å². The van der Waals surface area contributed by atoms with E-state index in [1.807, 2.05) is 6.20 Å². The zero-order valence-electron chi connectivity index (χ0n) is 16.1. The molecule has 3 aromatic carbocycles. The monoisotopic (exact) mass is 350 g/mol. The van der Waals surface area contributed by atoms with E-state index < -0.39 is 0 Å². The summed E-state index contributed by atoms with van der Waals surface area (Å²) in [4.78, 5) is 8.36. The van der Waals surface area contributed by atoms with E-state index in [1.54, 1.807) is 0 Å². The quantitative estimate of drug-likeness (QED) is 0.332. The van der Waals surface area contributed by atoms with Crippen molar-refractivity contribution in [2.45, 2.75) is 27.7 Å². The topological polar surface area (TPSA) is 28.7 Å². The summed E-state index contributed by atoms with van der Waals surface area (Å²) >= 11 is 0. The molecule has 2 heterocycles. The van der Waals surface area contributed by atoms with Crippen LogP contribution in [0, 0.1) is 27.7 Å². The highest BCUT2D eigenvalue weighted by molar-refractivity contribution is 6.27. The summed E-state index contributed by atoms with van der Waals surface area (Å²) in [6, 6.07) is 15.5. The van der Waals surface area contributed by atoms with Crippen LogP contribution < -0.4 is 0 Å². The van der Waals surface area contributed by atoms with Gasteiger partial charge in [0.2, 0.25) is 0 Å². The molecule has 0 saturated carbocycles. The number of aryl methyl sites for hydroxylation is 4. The van der Waals surface area contributed by atoms with Gasteiger partial charge < -0.3 is 4.98 Å². The van der Waals surface area contributed by atoms with Gasteiger partial charge in [0, 0.05) is 28.7 Å². The molecule has 0 saturated heterocycles. The summed E-state index contributed by atoms with van der Waals surface area (Å²) in [7, 11) is 0. The van der Waals surface area contributed by atoms with Crippen LogP contribution in [-0.4, -0.2) is 9.97 Å². The van der Waals surface area contributed by atoms with Gasteiger partial charge in [-0.1, -0.05) is 42.0 Å². The van der Waals surface area contributed by atoms with E-state index in [0.717, 1.165) is 11.0 Å². The number of hydrogen-bond donors (Lipinski definition) is 1. The Labute approximate surface area is 158 Å². The van der Waals surface area contributed by atoms with Crippen molar-refractivity contribution in [1.82, 2.24) is 9.97 Å². The zero-order chi connectivity index (χ0) is 18.7. The molecule has 0 spiro atoms. The number of pyridine rings is 1. The second-order valence-corrected chi connectivity index (χ2v) is 7.68. The van der Waals surface area contributed by atoms with E-state index in [0.29, 0.717) is 0 Å². The van der Waals surface area contributed by atoms with Crippen LogP contribution in [0.1, 0.15) is 22.3 Å². The van der Waals surface area contributed by atoms with E-state index in [1.165, 1.54) is 54.9 Å². The van der Waals surface area contributed by atoms with Gasteiger partial charge in [-0.25, -0.2) is 0 Å². The standard InChI is InChI=1S/C25H22N2/c1-14-8-9-18-19(10-14)20-11-15(2)12-26-24(20)25-23(18)21(13-27-25)22-16(3)6-5-7-17(22)4/h5-13,27H,1-4H3. The highest BCUT2D eigenvalue weighted by Gasteiger charge is 2.17. The third-order valence-corrected chi connectivity index (χ3v) is 5.63. The van der Waals surface area contributed by atoms with Crippen molar-refractivity contribution in [2.75, 3.05) is 0 Å². The van der Waals surface area contributed by atoms with Crippen LogP contribution in [0.25, 0.3) is 43.7 Å². The molecule has 0 atom stereocenters. The molecule has 0 aliphatic heterocycles. The average Bonchev–Trinajstić information content (AvgIpc) is 3.06. The van der Waals surface area contributed by atoms with Crippen LogP contribution in [0.4, 0.5) is 0 Å². The summed E-state index contributed by atoms with van der Waals surface area (Å²) in [6.07, 6.45) is 4.11. The zero-order valence-corrected chi connectivity index (χ0v) is 16.1. The maximum atomic E-state index is 4.81. The van der Waals surface area contributed by atoms with Gasteiger partial charge in [-0.05, 0) is 66.8 Å². The van der Waals surface area contributed by atoms with Gasteiger partial charge >= 0.3 is 0 Å². The molecule has 0 bridgehead atoms. The number of H-pyrrole nitrogens is 1. The predicted octanol–water partition coefficient (Wildman–Crippen LogP) is 6.77. The minimum atomic E-state index is 1.05. The molecule has 0 unspecified atom stereocenters. The summed E-state index contributed by atoms with van der Waals surface area (Å²) < 4.78 is 0. The van der Waals surface area contributed by atoms with Gasteiger partial charge in [-0.3, -0.25) is 4.98 Å². The van der Waals surface area contributed by atoms with Gasteiger partial charge in [0.1, 0.15) is 0 Å². The molecule has 5 rings (SSSR count). The summed E-state index contributed by atoms with van der Waals surface area (Å²) in [5.74, 6) is 0. The molecule has 0 amide bonds. The molecular weight excluding hydrogens is 328 g/mol. The molecule has 2 aromatic heterocycles. The predicted molar refractivity (Wildman–Crippen MR) is 115 cm³/mol. The SMILES string of the molecule is Cc1ccc2c(c1)c1cc(C)cnc1c1[nH]cc(-c3c(C)cccc3C)c21. The summed E-state index contributed by atoms with van der Waals surface area (Å²) in [5, 5.41) is 5.05. The normalized spacial score (nSPS) is 11.7. The van der Waals surface area contributed by atoms with Crippen LogP contribution in [0.3, 0.4) is 0 Å². The first-order valence-corrected chi connectivity index (χ1v) is 9.41. The molecule has 132 valence electrons. The van der Waals surface area contributed by atoms with E-state index in [2.05, 4.69) is 81.3 Å². The van der Waals surface area contributed by atoms with Crippen LogP contribution in [0.2, 0.25) is 0 Å². The van der Waals surface area contributed by atoms with Crippen molar-refractivity contribution in [3.63, 3.8) is 0 Å². The lowest BCUT2D eigenvalue weighted by molar-refractivity contribution is 1.34. The van der Waals surface area contributed by atoms with E-state index in [4.69, 9.17) is 4.98 Å². The Hall–Kier alpha value is -3.13. The Morgan fingerprint density at radius 3 is 2.30 bits per heavy atom. The highest BCUT2D eigenvalue weighted by atomic mass is 14.7. The molecule has 2 heteroatoms. The fourth-order valence-corrected chi connectivity index (χ4v) is 4.40. The van der Waals surface area contributed by atoms with Crippen molar-refractivity contribution in [2.24, 2.45) is 0 Å². The number of fused-ring (bicyclic) bond motifs is 6. The van der Waals surface area contributed by atoms with Crippen molar-refractivity contribution >= 4 is 32.6 Å². The highest BCUT2D eigenvalue weighted by Crippen LogP contribution is 2.41. The third-order valence-electron chi connectivity index (χ3n) is 5.63. The average molecular weight is 350 g/mol. The lowest BCUT2D eigenvalue weighted by Gasteiger charge is -2.12. The molecule has 0 radical (unpaired) electrons. The fraction of sp³-hybridized carbons (Fsp3) is 0.160. The van der Waals surface area contributed by atoms with Gasteiger partial charge in [0.25, 0.3) is 0 Å². The largest absolute Gasteiger partial charge is 0.359 e. The smallest absolute Gasteiger partial charge is 0.0949 e.